The Morgan fingerprint density at radius 1 is 1.47 bits per heavy atom. The zero-order valence-corrected chi connectivity index (χ0v) is 11.3. The van der Waals surface area contributed by atoms with Crippen LogP contribution >= 0.6 is 11.8 Å². The van der Waals surface area contributed by atoms with Crippen molar-refractivity contribution in [3.05, 3.63) is 0 Å². The second-order valence-corrected chi connectivity index (χ2v) is 5.01. The van der Waals surface area contributed by atoms with E-state index in [-0.39, 0.29) is 6.10 Å². The first kappa shape index (κ1) is 15.2. The van der Waals surface area contributed by atoms with Crippen molar-refractivity contribution >= 4 is 11.8 Å². The Morgan fingerprint density at radius 2 is 2.13 bits per heavy atom. The van der Waals surface area contributed by atoms with Crippen LogP contribution in [0.1, 0.15) is 20.3 Å². The van der Waals surface area contributed by atoms with E-state index >= 15 is 0 Å². The van der Waals surface area contributed by atoms with Crippen LogP contribution in [0.3, 0.4) is 0 Å². The summed E-state index contributed by atoms with van der Waals surface area (Å²) in [5.41, 5.74) is 0. The number of nitrogens with zero attached hydrogens (tertiary/aromatic N) is 1. The van der Waals surface area contributed by atoms with Gasteiger partial charge >= 0.3 is 0 Å². The van der Waals surface area contributed by atoms with E-state index in [1.54, 1.807) is 0 Å². The van der Waals surface area contributed by atoms with Crippen molar-refractivity contribution in [1.82, 2.24) is 10.2 Å². The minimum Gasteiger partial charge on any atom is -0.390 e. The highest BCUT2D eigenvalue weighted by Gasteiger charge is 2.12. The molecule has 0 bridgehead atoms. The number of thioether (sulfide) groups is 1. The van der Waals surface area contributed by atoms with Crippen molar-refractivity contribution < 1.29 is 5.11 Å². The number of aliphatic hydroxyl groups excluding tert-OH is 1. The quantitative estimate of drug-likeness (QED) is 0.584. The number of rotatable bonds is 9. The van der Waals surface area contributed by atoms with E-state index in [0.717, 1.165) is 25.3 Å². The average molecular weight is 234 g/mol. The van der Waals surface area contributed by atoms with E-state index in [1.165, 1.54) is 0 Å². The summed E-state index contributed by atoms with van der Waals surface area (Å²) in [7, 11) is 2.07. The van der Waals surface area contributed by atoms with E-state index in [9.17, 15) is 5.11 Å². The summed E-state index contributed by atoms with van der Waals surface area (Å²) in [6.45, 7) is 6.76. The smallest absolute Gasteiger partial charge is 0.0791 e. The number of aliphatic hydroxyl groups is 1. The Bertz CT molecular complexity index is 147. The lowest BCUT2D eigenvalue weighted by Crippen LogP contribution is -2.41. The first-order chi connectivity index (χ1) is 7.11. The second kappa shape index (κ2) is 9.46. The van der Waals surface area contributed by atoms with Crippen LogP contribution in [0.25, 0.3) is 0 Å². The van der Waals surface area contributed by atoms with Gasteiger partial charge in [0.05, 0.1) is 6.10 Å². The third-order valence-electron chi connectivity index (χ3n) is 2.47. The minimum atomic E-state index is -0.258. The molecule has 0 radical (unpaired) electrons. The van der Waals surface area contributed by atoms with Crippen molar-refractivity contribution in [2.24, 2.45) is 0 Å². The topological polar surface area (TPSA) is 35.5 Å². The van der Waals surface area contributed by atoms with E-state index < -0.39 is 0 Å². The number of nitrogens with one attached hydrogen (secondary N) is 1. The molecule has 0 saturated carbocycles. The lowest BCUT2D eigenvalue weighted by molar-refractivity contribution is 0.112. The normalized spacial score (nSPS) is 15.6. The Morgan fingerprint density at radius 3 is 2.67 bits per heavy atom. The lowest BCUT2D eigenvalue weighted by atomic mass is 10.2. The summed E-state index contributed by atoms with van der Waals surface area (Å²) in [5.74, 6) is 1.12. The fraction of sp³-hybridized carbons (Fsp3) is 1.00. The molecule has 4 heteroatoms. The van der Waals surface area contributed by atoms with Crippen molar-refractivity contribution in [3.8, 4) is 0 Å². The maximum Gasteiger partial charge on any atom is 0.0791 e. The van der Waals surface area contributed by atoms with Gasteiger partial charge in [0.15, 0.2) is 0 Å². The molecule has 2 N–H and O–H groups in total. The number of hydrogen-bond donors (Lipinski definition) is 2. The average Bonchev–Trinajstić information content (AvgIpc) is 2.18. The highest BCUT2D eigenvalue weighted by Crippen LogP contribution is 2.03. The van der Waals surface area contributed by atoms with Crippen LogP contribution < -0.4 is 5.32 Å². The molecular weight excluding hydrogens is 208 g/mol. The van der Waals surface area contributed by atoms with E-state index in [1.807, 2.05) is 11.8 Å². The Hall–Kier alpha value is 0.230. The molecule has 92 valence electrons. The zero-order valence-electron chi connectivity index (χ0n) is 10.5. The monoisotopic (exact) mass is 234 g/mol. The molecule has 0 heterocycles. The maximum absolute atomic E-state index is 9.75. The molecule has 0 spiro atoms. The molecule has 0 saturated heterocycles. The van der Waals surface area contributed by atoms with Crippen molar-refractivity contribution in [3.63, 3.8) is 0 Å². The molecule has 0 aliphatic rings. The molecule has 0 rings (SSSR count). The molecule has 0 aromatic carbocycles. The van der Waals surface area contributed by atoms with Gasteiger partial charge in [0.2, 0.25) is 0 Å². The molecule has 0 aliphatic carbocycles. The van der Waals surface area contributed by atoms with Crippen LogP contribution in [0.4, 0.5) is 0 Å². The summed E-state index contributed by atoms with van der Waals surface area (Å²) >= 11 is 1.85. The molecule has 0 amide bonds. The summed E-state index contributed by atoms with van der Waals surface area (Å²) in [4.78, 5) is 2.22. The van der Waals surface area contributed by atoms with Crippen LogP contribution in [0, 0.1) is 0 Å². The Balaban J connectivity index is 3.60. The molecule has 3 nitrogen and oxygen atoms in total. The number of hydrogen-bond acceptors (Lipinski definition) is 4. The Labute approximate surface area is 98.6 Å². The van der Waals surface area contributed by atoms with Crippen molar-refractivity contribution in [1.29, 1.82) is 0 Å². The fourth-order valence-corrected chi connectivity index (χ4v) is 2.13. The van der Waals surface area contributed by atoms with Crippen LogP contribution in [-0.4, -0.2) is 60.8 Å². The van der Waals surface area contributed by atoms with Gasteiger partial charge in [-0.2, -0.15) is 11.8 Å². The first-order valence-electron chi connectivity index (χ1n) is 5.69. The van der Waals surface area contributed by atoms with Gasteiger partial charge in [0.25, 0.3) is 0 Å². The van der Waals surface area contributed by atoms with Crippen LogP contribution in [0.15, 0.2) is 0 Å². The predicted octanol–water partition coefficient (Wildman–Crippen LogP) is 1.03. The molecule has 15 heavy (non-hydrogen) atoms. The largest absolute Gasteiger partial charge is 0.390 e. The SMILES string of the molecule is CCCNCC(O)CN(C)C(C)CSC. The van der Waals surface area contributed by atoms with E-state index in [4.69, 9.17) is 0 Å². The molecule has 2 atom stereocenters. The molecule has 2 unspecified atom stereocenters. The Kier molecular flexibility index (Phi) is 9.60. The predicted molar refractivity (Wildman–Crippen MR) is 69.6 cm³/mol. The molecule has 0 aliphatic heterocycles. The fourth-order valence-electron chi connectivity index (χ4n) is 1.39. The van der Waals surface area contributed by atoms with Gasteiger partial charge in [-0.25, -0.2) is 0 Å². The maximum atomic E-state index is 9.75. The highest BCUT2D eigenvalue weighted by atomic mass is 32.2. The van der Waals surface area contributed by atoms with Gasteiger partial charge in [-0.3, -0.25) is 0 Å². The molecule has 0 aromatic rings. The zero-order chi connectivity index (χ0) is 11.7. The molecular formula is C11H26N2OS. The standard InChI is InChI=1S/C11H26N2OS/c1-5-6-12-7-11(14)8-13(3)10(2)9-15-4/h10-12,14H,5-9H2,1-4H3. The third-order valence-corrected chi connectivity index (χ3v) is 3.28. The summed E-state index contributed by atoms with van der Waals surface area (Å²) in [6.07, 6.45) is 2.97. The van der Waals surface area contributed by atoms with Gasteiger partial charge in [0, 0.05) is 24.9 Å². The number of likely N-dealkylation sites (N-methyl/N-ethyl adjacent to an activating group) is 1. The summed E-state index contributed by atoms with van der Waals surface area (Å²) < 4.78 is 0. The van der Waals surface area contributed by atoms with E-state index in [0.29, 0.717) is 12.6 Å². The highest BCUT2D eigenvalue weighted by molar-refractivity contribution is 7.98. The minimum absolute atomic E-state index is 0.258. The second-order valence-electron chi connectivity index (χ2n) is 4.10. The third kappa shape index (κ3) is 8.08. The van der Waals surface area contributed by atoms with Crippen LogP contribution in [-0.2, 0) is 0 Å². The summed E-state index contributed by atoms with van der Waals surface area (Å²) in [5, 5.41) is 13.0. The van der Waals surface area contributed by atoms with Crippen molar-refractivity contribution in [2.75, 3.05) is 38.7 Å². The van der Waals surface area contributed by atoms with Gasteiger partial charge in [-0.05, 0) is 33.2 Å². The van der Waals surface area contributed by atoms with Gasteiger partial charge in [-0.15, -0.1) is 0 Å². The first-order valence-corrected chi connectivity index (χ1v) is 7.09. The van der Waals surface area contributed by atoms with Crippen LogP contribution in [0.5, 0.6) is 0 Å². The van der Waals surface area contributed by atoms with E-state index in [2.05, 4.69) is 37.4 Å². The van der Waals surface area contributed by atoms with Crippen molar-refractivity contribution in [2.45, 2.75) is 32.4 Å². The van der Waals surface area contributed by atoms with Gasteiger partial charge in [-0.1, -0.05) is 6.92 Å². The molecule has 0 fully saturated rings. The van der Waals surface area contributed by atoms with Gasteiger partial charge in [0.1, 0.15) is 0 Å². The van der Waals surface area contributed by atoms with Crippen LogP contribution in [0.2, 0.25) is 0 Å². The lowest BCUT2D eigenvalue weighted by Gasteiger charge is -2.26. The summed E-state index contributed by atoms with van der Waals surface area (Å²) in [6, 6.07) is 0.529. The van der Waals surface area contributed by atoms with Gasteiger partial charge < -0.3 is 15.3 Å². The molecule has 0 aromatic heterocycles.